The fourth-order valence-corrected chi connectivity index (χ4v) is 3.41. The third-order valence-electron chi connectivity index (χ3n) is 5.02. The summed E-state index contributed by atoms with van der Waals surface area (Å²) < 4.78 is 17.2. The molecule has 3 aromatic rings. The fraction of sp³-hybridized carbons (Fsp3) is 0.208. The molecule has 8 nitrogen and oxygen atoms in total. The van der Waals surface area contributed by atoms with E-state index in [0.717, 1.165) is 22.6 Å². The van der Waals surface area contributed by atoms with E-state index in [1.807, 2.05) is 30.5 Å². The van der Waals surface area contributed by atoms with E-state index >= 15 is 0 Å². The van der Waals surface area contributed by atoms with Crippen molar-refractivity contribution in [1.82, 2.24) is 9.99 Å². The Morgan fingerprint density at radius 1 is 1.00 bits per heavy atom. The van der Waals surface area contributed by atoms with Crippen LogP contribution >= 0.6 is 0 Å². The van der Waals surface area contributed by atoms with E-state index < -0.39 is 11.9 Å². The van der Waals surface area contributed by atoms with Crippen LogP contribution in [-0.4, -0.2) is 44.0 Å². The minimum atomic E-state index is -0.402. The van der Waals surface area contributed by atoms with Crippen LogP contribution in [0.3, 0.4) is 0 Å². The number of nitrogens with zero attached hydrogens (tertiary/aromatic N) is 2. The van der Waals surface area contributed by atoms with Gasteiger partial charge in [-0.05, 0) is 50.2 Å². The van der Waals surface area contributed by atoms with Gasteiger partial charge in [-0.3, -0.25) is 4.79 Å². The third-order valence-corrected chi connectivity index (χ3v) is 5.02. The predicted octanol–water partition coefficient (Wildman–Crippen LogP) is 3.66. The molecule has 0 bridgehead atoms. The molecule has 0 saturated carbocycles. The molecule has 8 heteroatoms. The summed E-state index contributed by atoms with van der Waals surface area (Å²) in [6.45, 7) is 3.89. The Labute approximate surface area is 186 Å². The topological polar surface area (TPSA) is 91.2 Å². The molecule has 2 aromatic carbocycles. The monoisotopic (exact) mass is 435 g/mol. The van der Waals surface area contributed by atoms with Crippen molar-refractivity contribution in [2.24, 2.45) is 5.10 Å². The van der Waals surface area contributed by atoms with Crippen LogP contribution in [0.2, 0.25) is 0 Å². The van der Waals surface area contributed by atoms with Crippen molar-refractivity contribution in [3.63, 3.8) is 0 Å². The first kappa shape index (κ1) is 22.6. The van der Waals surface area contributed by atoms with Gasteiger partial charge in [0, 0.05) is 28.7 Å². The molecular weight excluding hydrogens is 410 g/mol. The molecule has 0 aliphatic carbocycles. The van der Waals surface area contributed by atoms with E-state index in [-0.39, 0.29) is 0 Å². The van der Waals surface area contributed by atoms with Crippen molar-refractivity contribution < 1.29 is 23.8 Å². The number of rotatable bonds is 7. The van der Waals surface area contributed by atoms with Crippen LogP contribution < -0.4 is 14.9 Å². The highest BCUT2D eigenvalue weighted by Gasteiger charge is 2.14. The Morgan fingerprint density at radius 2 is 1.78 bits per heavy atom. The zero-order valence-corrected chi connectivity index (χ0v) is 18.6. The molecule has 0 fully saturated rings. The minimum absolute atomic E-state index is 0.343. The second-order valence-electron chi connectivity index (χ2n) is 6.97. The summed E-state index contributed by atoms with van der Waals surface area (Å²) in [5, 5.41) is 4.11. The zero-order chi connectivity index (χ0) is 23.3. The van der Waals surface area contributed by atoms with Gasteiger partial charge in [-0.25, -0.2) is 10.2 Å². The number of nitrogens with one attached hydrogen (secondary N) is 1. The van der Waals surface area contributed by atoms with Crippen LogP contribution in [0, 0.1) is 13.8 Å². The highest BCUT2D eigenvalue weighted by Crippen LogP contribution is 2.24. The lowest BCUT2D eigenvalue weighted by molar-refractivity contribution is 0.0600. The van der Waals surface area contributed by atoms with E-state index in [0.29, 0.717) is 22.6 Å². The van der Waals surface area contributed by atoms with Gasteiger partial charge in [-0.1, -0.05) is 6.07 Å². The second-order valence-corrected chi connectivity index (χ2v) is 6.97. The first-order valence-corrected chi connectivity index (χ1v) is 9.82. The summed E-state index contributed by atoms with van der Waals surface area (Å²) in [6, 6.07) is 14.1. The molecule has 0 saturated heterocycles. The van der Waals surface area contributed by atoms with Crippen molar-refractivity contribution in [3.8, 4) is 17.2 Å². The Bertz CT molecular complexity index is 1180. The van der Waals surface area contributed by atoms with Gasteiger partial charge >= 0.3 is 5.97 Å². The van der Waals surface area contributed by atoms with Gasteiger partial charge in [0.05, 0.1) is 38.7 Å². The number of aryl methyl sites for hydroxylation is 1. The molecule has 0 aliphatic heterocycles. The fourth-order valence-electron chi connectivity index (χ4n) is 3.41. The number of ether oxygens (including phenoxy) is 3. The molecule has 166 valence electrons. The lowest BCUT2D eigenvalue weighted by Crippen LogP contribution is -2.18. The molecule has 0 radical (unpaired) electrons. The number of amides is 1. The molecule has 0 aliphatic rings. The van der Waals surface area contributed by atoms with Gasteiger partial charge in [-0.15, -0.1) is 0 Å². The lowest BCUT2D eigenvalue weighted by Gasteiger charge is -2.11. The van der Waals surface area contributed by atoms with Crippen LogP contribution in [0.5, 0.6) is 11.5 Å². The van der Waals surface area contributed by atoms with Gasteiger partial charge in [0.15, 0.2) is 0 Å². The van der Waals surface area contributed by atoms with Crippen LogP contribution in [0.25, 0.3) is 5.69 Å². The summed E-state index contributed by atoms with van der Waals surface area (Å²) in [7, 11) is 4.38. The number of carbonyl (C=O) groups is 2. The number of aromatic nitrogens is 1. The van der Waals surface area contributed by atoms with Crippen LogP contribution in [0.15, 0.2) is 53.6 Å². The van der Waals surface area contributed by atoms with Crippen molar-refractivity contribution in [3.05, 3.63) is 76.6 Å². The number of carbonyl (C=O) groups excluding carboxylic acids is 2. The largest absolute Gasteiger partial charge is 0.497 e. The van der Waals surface area contributed by atoms with Crippen LogP contribution in [0.1, 0.15) is 37.7 Å². The predicted molar refractivity (Wildman–Crippen MR) is 121 cm³/mol. The first-order valence-electron chi connectivity index (χ1n) is 9.82. The van der Waals surface area contributed by atoms with E-state index in [2.05, 4.69) is 10.5 Å². The van der Waals surface area contributed by atoms with E-state index in [1.54, 1.807) is 49.7 Å². The van der Waals surface area contributed by atoms with E-state index in [4.69, 9.17) is 14.2 Å². The summed E-state index contributed by atoms with van der Waals surface area (Å²) in [6.07, 6.45) is 1.58. The van der Waals surface area contributed by atoms with Crippen molar-refractivity contribution >= 4 is 18.1 Å². The molecule has 0 atom stereocenters. The zero-order valence-electron chi connectivity index (χ0n) is 18.6. The molecule has 1 amide bonds. The smallest absolute Gasteiger partial charge is 0.337 e. The van der Waals surface area contributed by atoms with E-state index in [9.17, 15) is 9.59 Å². The quantitative estimate of drug-likeness (QED) is 0.347. The summed E-state index contributed by atoms with van der Waals surface area (Å²) in [4.78, 5) is 24.4. The number of hydrazone groups is 1. The van der Waals surface area contributed by atoms with Crippen molar-refractivity contribution in [2.75, 3.05) is 21.3 Å². The summed E-state index contributed by atoms with van der Waals surface area (Å²) in [5.74, 6) is 0.180. The standard InChI is InChI=1S/C24H25N3O5/c1-15-11-18(16(2)27(15)19-8-6-7-17(12-19)24(29)32-5)14-25-26-23(28)21-10-9-20(30-3)13-22(21)31-4/h6-14H,1-5H3,(H,26,28). The molecule has 0 spiro atoms. The number of esters is 1. The van der Waals surface area contributed by atoms with Gasteiger partial charge in [0.2, 0.25) is 0 Å². The Hall–Kier alpha value is -4.07. The molecule has 1 heterocycles. The molecule has 3 rings (SSSR count). The average Bonchev–Trinajstić information content (AvgIpc) is 3.10. The maximum Gasteiger partial charge on any atom is 0.337 e. The second kappa shape index (κ2) is 9.82. The maximum atomic E-state index is 12.5. The lowest BCUT2D eigenvalue weighted by atomic mass is 10.2. The van der Waals surface area contributed by atoms with Gasteiger partial charge in [-0.2, -0.15) is 5.10 Å². The Balaban J connectivity index is 1.81. The maximum absolute atomic E-state index is 12.5. The normalized spacial score (nSPS) is 10.8. The van der Waals surface area contributed by atoms with Crippen LogP contribution in [-0.2, 0) is 4.74 Å². The Morgan fingerprint density at radius 3 is 2.47 bits per heavy atom. The third kappa shape index (κ3) is 4.64. The summed E-state index contributed by atoms with van der Waals surface area (Å²) >= 11 is 0. The molecule has 32 heavy (non-hydrogen) atoms. The molecule has 1 N–H and O–H groups in total. The number of hydrogen-bond donors (Lipinski definition) is 1. The Kier molecular flexibility index (Phi) is 6.94. The van der Waals surface area contributed by atoms with Crippen molar-refractivity contribution in [2.45, 2.75) is 13.8 Å². The number of methoxy groups -OCH3 is 3. The molecule has 1 aromatic heterocycles. The van der Waals surface area contributed by atoms with Crippen molar-refractivity contribution in [1.29, 1.82) is 0 Å². The highest BCUT2D eigenvalue weighted by atomic mass is 16.5. The summed E-state index contributed by atoms with van der Waals surface area (Å²) in [5.41, 5.74) is 6.85. The van der Waals surface area contributed by atoms with E-state index in [1.165, 1.54) is 14.2 Å². The number of hydrogen-bond acceptors (Lipinski definition) is 6. The molecule has 0 unspecified atom stereocenters. The number of benzene rings is 2. The SMILES string of the molecule is COC(=O)c1cccc(-n2c(C)cc(C=NNC(=O)c3ccc(OC)cc3OC)c2C)c1. The van der Waals surface area contributed by atoms with Gasteiger partial charge in [0.25, 0.3) is 5.91 Å². The first-order chi connectivity index (χ1) is 15.4. The highest BCUT2D eigenvalue weighted by molar-refractivity contribution is 5.97. The van der Waals surface area contributed by atoms with Crippen LogP contribution in [0.4, 0.5) is 0 Å². The minimum Gasteiger partial charge on any atom is -0.497 e. The van der Waals surface area contributed by atoms with Gasteiger partial charge in [0.1, 0.15) is 11.5 Å². The average molecular weight is 435 g/mol. The molecular formula is C24H25N3O5. The van der Waals surface area contributed by atoms with Gasteiger partial charge < -0.3 is 18.8 Å².